The second-order valence-corrected chi connectivity index (χ2v) is 3.34. The van der Waals surface area contributed by atoms with Gasteiger partial charge in [-0.15, -0.1) is 0 Å². The van der Waals surface area contributed by atoms with Gasteiger partial charge in [0.25, 0.3) is 5.92 Å². The molecule has 0 aliphatic heterocycles. The maximum atomic E-state index is 12.8. The number of allylic oxidation sites excluding steroid dienone is 2. The summed E-state index contributed by atoms with van der Waals surface area (Å²) in [5.41, 5.74) is 1.12. The largest absolute Gasteiger partial charge is 0.255 e. The molecular formula is C10H8F3N. The second-order valence-electron chi connectivity index (χ2n) is 3.34. The highest BCUT2D eigenvalue weighted by atomic mass is 19.3. The summed E-state index contributed by atoms with van der Waals surface area (Å²) in [5.74, 6) is -3.25. The topological polar surface area (TPSA) is 12.9 Å². The van der Waals surface area contributed by atoms with E-state index in [1.165, 1.54) is 24.4 Å². The van der Waals surface area contributed by atoms with Crippen molar-refractivity contribution in [3.63, 3.8) is 0 Å². The maximum Gasteiger partial charge on any atom is 0.255 e. The summed E-state index contributed by atoms with van der Waals surface area (Å²) in [4.78, 5) is 3.42. The Bertz CT molecular complexity index is 367. The van der Waals surface area contributed by atoms with Gasteiger partial charge in [0.1, 0.15) is 0 Å². The summed E-state index contributed by atoms with van der Waals surface area (Å²) in [6.07, 6.45) is 2.25. The average molecular weight is 199 g/mol. The van der Waals surface area contributed by atoms with Crippen LogP contribution in [0.4, 0.5) is 13.2 Å². The molecule has 0 saturated carbocycles. The number of rotatable bonds is 1. The van der Waals surface area contributed by atoms with Crippen LogP contribution in [0.2, 0.25) is 0 Å². The Labute approximate surface area is 79.3 Å². The summed E-state index contributed by atoms with van der Waals surface area (Å²) < 4.78 is 38.1. The quantitative estimate of drug-likeness (QED) is 0.633. The van der Waals surface area contributed by atoms with E-state index >= 15 is 0 Å². The fourth-order valence-electron chi connectivity index (χ4n) is 1.48. The van der Waals surface area contributed by atoms with Crippen molar-refractivity contribution in [2.75, 3.05) is 0 Å². The number of nitrogens with zero attached hydrogens (tertiary/aromatic N) is 1. The normalized spacial score (nSPS) is 19.5. The molecule has 4 heteroatoms. The highest BCUT2D eigenvalue weighted by Crippen LogP contribution is 2.38. The number of alkyl halides is 2. The van der Waals surface area contributed by atoms with Gasteiger partial charge in [0, 0.05) is 19.0 Å². The third-order valence-electron chi connectivity index (χ3n) is 2.19. The van der Waals surface area contributed by atoms with E-state index in [1.54, 1.807) is 0 Å². The Kier molecular flexibility index (Phi) is 2.06. The van der Waals surface area contributed by atoms with Crippen LogP contribution in [0, 0.1) is 5.95 Å². The molecule has 0 spiro atoms. The van der Waals surface area contributed by atoms with Crippen LogP contribution in [0.1, 0.15) is 18.4 Å². The van der Waals surface area contributed by atoms with Crippen LogP contribution in [-0.4, -0.2) is 10.9 Å². The third-order valence-corrected chi connectivity index (χ3v) is 2.19. The lowest BCUT2D eigenvalue weighted by Crippen LogP contribution is -2.09. The summed E-state index contributed by atoms with van der Waals surface area (Å²) in [6.45, 7) is 0. The van der Waals surface area contributed by atoms with Crippen LogP contribution in [0.15, 0.2) is 24.4 Å². The smallest absolute Gasteiger partial charge is 0.228 e. The molecule has 0 fully saturated rings. The molecule has 0 bridgehead atoms. The van der Waals surface area contributed by atoms with Gasteiger partial charge in [-0.3, -0.25) is 0 Å². The van der Waals surface area contributed by atoms with Gasteiger partial charge >= 0.3 is 0 Å². The molecule has 0 atom stereocenters. The minimum atomic E-state index is -2.65. The molecule has 1 heterocycles. The summed E-state index contributed by atoms with van der Waals surface area (Å²) in [6, 6.07) is 2.64. The van der Waals surface area contributed by atoms with E-state index in [-0.39, 0.29) is 12.8 Å². The fourth-order valence-corrected chi connectivity index (χ4v) is 1.48. The van der Waals surface area contributed by atoms with Crippen LogP contribution in [-0.2, 0) is 0 Å². The summed E-state index contributed by atoms with van der Waals surface area (Å²) >= 11 is 0. The van der Waals surface area contributed by atoms with E-state index < -0.39 is 11.9 Å². The zero-order valence-corrected chi connectivity index (χ0v) is 7.30. The number of aromatic nitrogens is 1. The van der Waals surface area contributed by atoms with Gasteiger partial charge < -0.3 is 0 Å². The first kappa shape index (κ1) is 9.24. The van der Waals surface area contributed by atoms with Crippen LogP contribution in [0.3, 0.4) is 0 Å². The van der Waals surface area contributed by atoms with Gasteiger partial charge in [-0.25, -0.2) is 13.8 Å². The van der Waals surface area contributed by atoms with E-state index in [0.717, 1.165) is 0 Å². The first-order valence-electron chi connectivity index (χ1n) is 4.26. The molecule has 0 amide bonds. The fraction of sp³-hybridized carbons (Fsp3) is 0.300. The average Bonchev–Trinajstić information content (AvgIpc) is 2.47. The van der Waals surface area contributed by atoms with Crippen LogP contribution >= 0.6 is 0 Å². The summed E-state index contributed by atoms with van der Waals surface area (Å²) in [7, 11) is 0. The molecule has 1 aromatic rings. The number of halogens is 3. The predicted octanol–water partition coefficient (Wildman–Crippen LogP) is 3.03. The molecule has 1 aliphatic carbocycles. The van der Waals surface area contributed by atoms with Crippen LogP contribution in [0.5, 0.6) is 0 Å². The molecular weight excluding hydrogens is 191 g/mol. The second kappa shape index (κ2) is 3.12. The van der Waals surface area contributed by atoms with Gasteiger partial charge in [-0.05, 0) is 23.3 Å². The van der Waals surface area contributed by atoms with Crippen molar-refractivity contribution in [2.45, 2.75) is 18.8 Å². The molecule has 0 saturated heterocycles. The Hall–Kier alpha value is -1.32. The van der Waals surface area contributed by atoms with E-state index in [0.29, 0.717) is 11.1 Å². The van der Waals surface area contributed by atoms with E-state index in [9.17, 15) is 13.2 Å². The predicted molar refractivity (Wildman–Crippen MR) is 46.4 cm³/mol. The Balaban J connectivity index is 2.22. The molecule has 1 nitrogen and oxygen atoms in total. The minimum absolute atomic E-state index is 0.236. The molecule has 74 valence electrons. The van der Waals surface area contributed by atoms with Gasteiger partial charge in [0.05, 0.1) is 0 Å². The van der Waals surface area contributed by atoms with Crippen molar-refractivity contribution in [1.82, 2.24) is 4.98 Å². The zero-order chi connectivity index (χ0) is 10.2. The molecule has 1 aromatic heterocycles. The molecule has 0 aromatic carbocycles. The Morgan fingerprint density at radius 3 is 2.57 bits per heavy atom. The number of hydrogen-bond donors (Lipinski definition) is 0. The maximum absolute atomic E-state index is 12.8. The highest BCUT2D eigenvalue weighted by molar-refractivity contribution is 5.67. The van der Waals surface area contributed by atoms with Crippen LogP contribution in [0.25, 0.3) is 5.57 Å². The van der Waals surface area contributed by atoms with E-state index in [1.807, 2.05) is 0 Å². The van der Waals surface area contributed by atoms with Crippen molar-refractivity contribution in [3.8, 4) is 0 Å². The molecule has 0 radical (unpaired) electrons. The van der Waals surface area contributed by atoms with Crippen molar-refractivity contribution >= 4 is 5.57 Å². The summed E-state index contributed by atoms with van der Waals surface area (Å²) in [5, 5.41) is 0. The third kappa shape index (κ3) is 1.78. The van der Waals surface area contributed by atoms with Gasteiger partial charge in [-0.1, -0.05) is 6.08 Å². The Morgan fingerprint density at radius 1 is 1.29 bits per heavy atom. The van der Waals surface area contributed by atoms with Gasteiger partial charge in [0.2, 0.25) is 5.95 Å². The van der Waals surface area contributed by atoms with E-state index in [2.05, 4.69) is 4.98 Å². The first-order chi connectivity index (χ1) is 6.57. The minimum Gasteiger partial charge on any atom is -0.228 e. The van der Waals surface area contributed by atoms with E-state index in [4.69, 9.17) is 0 Å². The van der Waals surface area contributed by atoms with Crippen molar-refractivity contribution in [3.05, 3.63) is 35.9 Å². The molecule has 14 heavy (non-hydrogen) atoms. The number of hydrogen-bond acceptors (Lipinski definition) is 1. The monoisotopic (exact) mass is 199 g/mol. The molecule has 0 N–H and O–H groups in total. The first-order valence-corrected chi connectivity index (χ1v) is 4.26. The van der Waals surface area contributed by atoms with Crippen LogP contribution < -0.4 is 0 Å². The Morgan fingerprint density at radius 2 is 2.07 bits per heavy atom. The lowest BCUT2D eigenvalue weighted by molar-refractivity contribution is 0.0172. The molecule has 2 rings (SSSR count). The standard InChI is InChI=1S/C10H8F3N/c11-9-2-1-8(6-14-9)7-3-4-10(12,13)5-7/h1-3,6H,4-5H2. The molecule has 1 aliphatic rings. The molecule has 0 unspecified atom stereocenters. The number of pyridine rings is 1. The zero-order valence-electron chi connectivity index (χ0n) is 7.30. The van der Waals surface area contributed by atoms with Gasteiger partial charge in [0.15, 0.2) is 0 Å². The van der Waals surface area contributed by atoms with Crippen molar-refractivity contribution < 1.29 is 13.2 Å². The lowest BCUT2D eigenvalue weighted by Gasteiger charge is -2.07. The highest BCUT2D eigenvalue weighted by Gasteiger charge is 2.34. The van der Waals surface area contributed by atoms with Crippen molar-refractivity contribution in [2.24, 2.45) is 0 Å². The van der Waals surface area contributed by atoms with Crippen molar-refractivity contribution in [1.29, 1.82) is 0 Å². The lowest BCUT2D eigenvalue weighted by atomic mass is 10.1. The van der Waals surface area contributed by atoms with Gasteiger partial charge in [-0.2, -0.15) is 4.39 Å². The SMILES string of the molecule is Fc1ccc(C2=CCC(F)(F)C2)cn1.